The summed E-state index contributed by atoms with van der Waals surface area (Å²) in [6.45, 7) is 0.802. The van der Waals surface area contributed by atoms with E-state index in [0.717, 1.165) is 24.0 Å². The van der Waals surface area contributed by atoms with Crippen molar-refractivity contribution in [1.82, 2.24) is 5.32 Å². The van der Waals surface area contributed by atoms with Crippen molar-refractivity contribution < 1.29 is 4.74 Å². The minimum Gasteiger partial charge on any atom is -0.457 e. The van der Waals surface area contributed by atoms with Crippen LogP contribution in [0.15, 0.2) is 42.5 Å². The van der Waals surface area contributed by atoms with Crippen molar-refractivity contribution >= 4 is 11.6 Å². The lowest BCUT2D eigenvalue weighted by Crippen LogP contribution is -2.11. The third kappa shape index (κ3) is 3.39. The van der Waals surface area contributed by atoms with E-state index in [1.807, 2.05) is 31.3 Å². The average molecular weight is 302 g/mol. The van der Waals surface area contributed by atoms with E-state index in [1.54, 1.807) is 0 Å². The Balaban J connectivity index is 1.86. The highest BCUT2D eigenvalue weighted by molar-refractivity contribution is 6.30. The van der Waals surface area contributed by atoms with Crippen molar-refractivity contribution in [3.05, 3.63) is 58.6 Å². The zero-order valence-corrected chi connectivity index (χ0v) is 13.0. The Morgan fingerprint density at radius 2 is 2.05 bits per heavy atom. The van der Waals surface area contributed by atoms with Crippen LogP contribution >= 0.6 is 11.6 Å². The number of ether oxygens (including phenoxy) is 1. The maximum absolute atomic E-state index is 6.01. The van der Waals surface area contributed by atoms with Crippen molar-refractivity contribution in [3.8, 4) is 11.5 Å². The van der Waals surface area contributed by atoms with Crippen LogP contribution < -0.4 is 10.1 Å². The van der Waals surface area contributed by atoms with Gasteiger partial charge in [-0.2, -0.15) is 0 Å². The van der Waals surface area contributed by atoms with E-state index in [-0.39, 0.29) is 0 Å². The van der Waals surface area contributed by atoms with Crippen LogP contribution in [0.5, 0.6) is 11.5 Å². The van der Waals surface area contributed by atoms with Gasteiger partial charge in [-0.05, 0) is 55.6 Å². The molecule has 0 spiro atoms. The highest BCUT2D eigenvalue weighted by Crippen LogP contribution is 2.38. The van der Waals surface area contributed by atoms with E-state index in [2.05, 4.69) is 23.5 Å². The fourth-order valence-corrected chi connectivity index (χ4v) is 2.86. The largest absolute Gasteiger partial charge is 0.457 e. The molecule has 0 saturated heterocycles. The second-order valence-electron chi connectivity index (χ2n) is 5.58. The number of rotatable bonds is 5. The first-order valence-corrected chi connectivity index (χ1v) is 7.85. The molecule has 2 aromatic rings. The van der Waals surface area contributed by atoms with E-state index < -0.39 is 0 Å². The van der Waals surface area contributed by atoms with Crippen molar-refractivity contribution in [2.45, 2.75) is 31.7 Å². The Labute approximate surface area is 131 Å². The molecular weight excluding hydrogens is 282 g/mol. The lowest BCUT2D eigenvalue weighted by atomic mass is 9.79. The van der Waals surface area contributed by atoms with Crippen LogP contribution in [0.1, 0.15) is 36.3 Å². The molecule has 1 aliphatic carbocycles. The number of benzene rings is 2. The molecule has 1 N–H and O–H groups in total. The molecule has 110 valence electrons. The van der Waals surface area contributed by atoms with E-state index >= 15 is 0 Å². The Morgan fingerprint density at radius 1 is 1.19 bits per heavy atom. The van der Waals surface area contributed by atoms with E-state index in [1.165, 1.54) is 30.4 Å². The predicted molar refractivity (Wildman–Crippen MR) is 87.3 cm³/mol. The number of hydrogen-bond acceptors (Lipinski definition) is 2. The average Bonchev–Trinajstić information content (AvgIpc) is 2.40. The molecule has 1 saturated carbocycles. The van der Waals surface area contributed by atoms with Crippen LogP contribution in [0.25, 0.3) is 0 Å². The molecule has 3 rings (SSSR count). The molecule has 0 aliphatic heterocycles. The zero-order chi connectivity index (χ0) is 14.7. The molecule has 0 aromatic heterocycles. The zero-order valence-electron chi connectivity index (χ0n) is 12.2. The first-order valence-electron chi connectivity index (χ1n) is 7.47. The highest BCUT2D eigenvalue weighted by atomic mass is 35.5. The van der Waals surface area contributed by atoms with Gasteiger partial charge in [0.15, 0.2) is 0 Å². The topological polar surface area (TPSA) is 21.3 Å². The summed E-state index contributed by atoms with van der Waals surface area (Å²) in [7, 11) is 1.96. The van der Waals surface area contributed by atoms with Gasteiger partial charge < -0.3 is 10.1 Å². The fourth-order valence-electron chi connectivity index (χ4n) is 2.68. The van der Waals surface area contributed by atoms with E-state index in [9.17, 15) is 0 Å². The minimum absolute atomic E-state index is 0.689. The van der Waals surface area contributed by atoms with Gasteiger partial charge in [0.2, 0.25) is 0 Å². The first-order chi connectivity index (χ1) is 10.3. The summed E-state index contributed by atoms with van der Waals surface area (Å²) in [5.41, 5.74) is 2.63. The molecular formula is C18H20ClNO. The molecule has 0 unspecified atom stereocenters. The number of hydrogen-bond donors (Lipinski definition) is 1. The fraction of sp³-hybridized carbons (Fsp3) is 0.333. The maximum Gasteiger partial charge on any atom is 0.131 e. The first kappa shape index (κ1) is 14.4. The SMILES string of the molecule is CNCc1cc(C2CCC2)ccc1Oc1cccc(Cl)c1. The van der Waals surface area contributed by atoms with Crippen LogP contribution in [-0.2, 0) is 6.54 Å². The summed E-state index contributed by atoms with van der Waals surface area (Å²) in [6.07, 6.45) is 3.98. The predicted octanol–water partition coefficient (Wildman–Crippen LogP) is 5.12. The minimum atomic E-state index is 0.689. The lowest BCUT2D eigenvalue weighted by molar-refractivity contribution is 0.418. The Kier molecular flexibility index (Phi) is 4.47. The van der Waals surface area contributed by atoms with Gasteiger partial charge in [-0.3, -0.25) is 0 Å². The van der Waals surface area contributed by atoms with Crippen LogP contribution in [0.4, 0.5) is 0 Å². The highest BCUT2D eigenvalue weighted by Gasteiger charge is 2.20. The molecule has 1 aliphatic rings. The normalized spacial score (nSPS) is 14.8. The molecule has 3 heteroatoms. The molecule has 0 heterocycles. The van der Waals surface area contributed by atoms with Gasteiger partial charge in [0, 0.05) is 17.1 Å². The van der Waals surface area contributed by atoms with Crippen molar-refractivity contribution in [3.63, 3.8) is 0 Å². The van der Waals surface area contributed by atoms with Crippen molar-refractivity contribution in [1.29, 1.82) is 0 Å². The maximum atomic E-state index is 6.01. The molecule has 1 fully saturated rings. The van der Waals surface area contributed by atoms with Gasteiger partial charge in [0.25, 0.3) is 0 Å². The Hall–Kier alpha value is -1.51. The monoisotopic (exact) mass is 301 g/mol. The number of halogens is 1. The molecule has 0 bridgehead atoms. The summed E-state index contributed by atoms with van der Waals surface area (Å²) in [4.78, 5) is 0. The van der Waals surface area contributed by atoms with Crippen LogP contribution in [-0.4, -0.2) is 7.05 Å². The van der Waals surface area contributed by atoms with Gasteiger partial charge in [-0.1, -0.05) is 36.2 Å². The van der Waals surface area contributed by atoms with Crippen LogP contribution in [0.2, 0.25) is 5.02 Å². The summed E-state index contributed by atoms with van der Waals surface area (Å²) in [5, 5.41) is 3.91. The Bertz CT molecular complexity index is 622. The van der Waals surface area contributed by atoms with Crippen molar-refractivity contribution in [2.24, 2.45) is 0 Å². The summed E-state index contributed by atoms with van der Waals surface area (Å²) in [6, 6.07) is 14.1. The van der Waals surface area contributed by atoms with Gasteiger partial charge in [0.05, 0.1) is 0 Å². The molecule has 2 aromatic carbocycles. The van der Waals surface area contributed by atoms with Crippen molar-refractivity contribution in [2.75, 3.05) is 7.05 Å². The molecule has 21 heavy (non-hydrogen) atoms. The second-order valence-corrected chi connectivity index (χ2v) is 6.02. The smallest absolute Gasteiger partial charge is 0.131 e. The van der Waals surface area contributed by atoms with Gasteiger partial charge in [-0.25, -0.2) is 0 Å². The lowest BCUT2D eigenvalue weighted by Gasteiger charge is -2.26. The van der Waals surface area contributed by atoms with Gasteiger partial charge in [0.1, 0.15) is 11.5 Å². The van der Waals surface area contributed by atoms with E-state index in [0.29, 0.717) is 5.02 Å². The molecule has 2 nitrogen and oxygen atoms in total. The van der Waals surface area contributed by atoms with Gasteiger partial charge >= 0.3 is 0 Å². The Morgan fingerprint density at radius 3 is 2.71 bits per heavy atom. The third-order valence-electron chi connectivity index (χ3n) is 4.05. The van der Waals surface area contributed by atoms with Gasteiger partial charge in [-0.15, -0.1) is 0 Å². The molecule has 0 atom stereocenters. The quantitative estimate of drug-likeness (QED) is 0.827. The molecule has 0 amide bonds. The summed E-state index contributed by atoms with van der Waals surface area (Å²) in [5.74, 6) is 2.41. The number of nitrogens with one attached hydrogen (secondary N) is 1. The summed E-state index contributed by atoms with van der Waals surface area (Å²) >= 11 is 6.01. The third-order valence-corrected chi connectivity index (χ3v) is 4.29. The standard InChI is InChI=1S/C18H20ClNO/c1-20-12-15-10-14(13-4-2-5-13)8-9-18(15)21-17-7-3-6-16(19)11-17/h3,6-11,13,20H,2,4-5,12H2,1H3. The summed E-state index contributed by atoms with van der Waals surface area (Å²) < 4.78 is 6.00. The molecule has 0 radical (unpaired) electrons. The second kappa shape index (κ2) is 6.50. The van der Waals surface area contributed by atoms with Crippen LogP contribution in [0, 0.1) is 0 Å². The van der Waals surface area contributed by atoms with E-state index in [4.69, 9.17) is 16.3 Å². The van der Waals surface area contributed by atoms with Crippen LogP contribution in [0.3, 0.4) is 0 Å².